The Kier molecular flexibility index (Phi) is 5.42. The molecule has 0 aliphatic carbocycles. The van der Waals surface area contributed by atoms with Gasteiger partial charge in [-0.05, 0) is 19.8 Å². The quantitative estimate of drug-likeness (QED) is 0.451. The normalized spacial score (nSPS) is 25.4. The largest absolute Gasteiger partial charge is 0.381 e. The van der Waals surface area contributed by atoms with Gasteiger partial charge in [0.05, 0.1) is 13.2 Å². The molecule has 1 atom stereocenters. The van der Waals surface area contributed by atoms with Crippen molar-refractivity contribution >= 4 is 29.9 Å². The molecule has 1 spiro atoms. The molecular weight excluding hydrogens is 385 g/mol. The number of hydrogen-bond acceptors (Lipinski definition) is 5. The van der Waals surface area contributed by atoms with E-state index in [-0.39, 0.29) is 24.0 Å². The van der Waals surface area contributed by atoms with E-state index in [9.17, 15) is 0 Å². The van der Waals surface area contributed by atoms with E-state index in [1.54, 1.807) is 7.05 Å². The highest BCUT2D eigenvalue weighted by Crippen LogP contribution is 2.38. The minimum atomic E-state index is 0. The molecule has 3 heterocycles. The Morgan fingerprint density at radius 2 is 2.33 bits per heavy atom. The number of aliphatic imine (C=N–C) groups is 1. The van der Waals surface area contributed by atoms with Gasteiger partial charge in [0.1, 0.15) is 0 Å². The van der Waals surface area contributed by atoms with E-state index in [0.29, 0.717) is 23.7 Å². The van der Waals surface area contributed by atoms with Crippen LogP contribution in [0.1, 0.15) is 24.6 Å². The third-order valence-electron chi connectivity index (χ3n) is 4.10. The van der Waals surface area contributed by atoms with Crippen LogP contribution in [-0.4, -0.2) is 54.4 Å². The zero-order valence-corrected chi connectivity index (χ0v) is 14.8. The Morgan fingerprint density at radius 1 is 1.48 bits per heavy atom. The van der Waals surface area contributed by atoms with Crippen LogP contribution in [0, 0.1) is 12.3 Å². The van der Waals surface area contributed by atoms with Crippen molar-refractivity contribution in [2.24, 2.45) is 10.4 Å². The van der Waals surface area contributed by atoms with Gasteiger partial charge in [-0.15, -0.1) is 24.0 Å². The number of halogens is 1. The van der Waals surface area contributed by atoms with Crippen molar-refractivity contribution < 1.29 is 9.26 Å². The summed E-state index contributed by atoms with van der Waals surface area (Å²) < 4.78 is 10.7. The van der Waals surface area contributed by atoms with Crippen LogP contribution in [0.25, 0.3) is 0 Å². The Balaban J connectivity index is 0.00000161. The highest BCUT2D eigenvalue weighted by Gasteiger charge is 2.42. The summed E-state index contributed by atoms with van der Waals surface area (Å²) in [5, 5.41) is 7.07. The first-order valence-corrected chi connectivity index (χ1v) is 7.03. The first-order valence-electron chi connectivity index (χ1n) is 7.03. The first-order chi connectivity index (χ1) is 9.71. The lowest BCUT2D eigenvalue weighted by Gasteiger charge is -2.24. The van der Waals surface area contributed by atoms with Gasteiger partial charge in [0, 0.05) is 32.2 Å². The maximum absolute atomic E-state index is 5.56. The van der Waals surface area contributed by atoms with Gasteiger partial charge < -0.3 is 19.5 Å². The van der Waals surface area contributed by atoms with Crippen molar-refractivity contribution in [3.63, 3.8) is 0 Å². The predicted octanol–water partition coefficient (Wildman–Crippen LogP) is 1.18. The van der Waals surface area contributed by atoms with Crippen LogP contribution >= 0.6 is 24.0 Å². The van der Waals surface area contributed by atoms with Crippen LogP contribution in [-0.2, 0) is 11.3 Å². The number of likely N-dealkylation sites (tertiary alicyclic amines) is 1. The van der Waals surface area contributed by atoms with Gasteiger partial charge in [-0.2, -0.15) is 4.98 Å². The molecule has 2 fully saturated rings. The van der Waals surface area contributed by atoms with Crippen molar-refractivity contribution in [1.82, 2.24) is 20.4 Å². The highest BCUT2D eigenvalue weighted by molar-refractivity contribution is 14.0. The van der Waals surface area contributed by atoms with Gasteiger partial charge in [0.15, 0.2) is 11.8 Å². The van der Waals surface area contributed by atoms with Gasteiger partial charge in [-0.3, -0.25) is 4.99 Å². The fraction of sp³-hybridized carbons (Fsp3) is 0.769. The van der Waals surface area contributed by atoms with E-state index in [0.717, 1.165) is 38.7 Å². The smallest absolute Gasteiger partial charge is 0.246 e. The van der Waals surface area contributed by atoms with Crippen LogP contribution < -0.4 is 5.32 Å². The molecule has 1 N–H and O–H groups in total. The molecule has 7 nitrogen and oxygen atoms in total. The lowest BCUT2D eigenvalue weighted by atomic mass is 9.87. The number of rotatable bonds is 2. The molecule has 118 valence electrons. The maximum Gasteiger partial charge on any atom is 0.246 e. The molecule has 0 bridgehead atoms. The van der Waals surface area contributed by atoms with E-state index < -0.39 is 0 Å². The fourth-order valence-electron chi connectivity index (χ4n) is 2.99. The molecule has 0 saturated carbocycles. The Bertz CT molecular complexity index is 499. The van der Waals surface area contributed by atoms with E-state index in [1.165, 1.54) is 6.42 Å². The monoisotopic (exact) mass is 407 g/mol. The molecule has 8 heteroatoms. The Labute approximate surface area is 141 Å². The number of nitrogens with one attached hydrogen (secondary N) is 1. The summed E-state index contributed by atoms with van der Waals surface area (Å²) in [4.78, 5) is 10.8. The standard InChI is InChI=1S/C13H21N5O2.HI/c1-10-16-11(20-17-10)7-15-12(14-2)18-5-3-13(8-18)4-6-19-9-13;/h3-9H2,1-2H3,(H,14,15);1H. The first kappa shape index (κ1) is 16.5. The SMILES string of the molecule is CN=C(NCc1nc(C)no1)N1CCC2(CCOC2)C1.I. The Hall–Kier alpha value is -0.900. The summed E-state index contributed by atoms with van der Waals surface area (Å²) in [6, 6.07) is 0. The van der Waals surface area contributed by atoms with Crippen molar-refractivity contribution in [3.05, 3.63) is 11.7 Å². The zero-order valence-electron chi connectivity index (χ0n) is 12.5. The van der Waals surface area contributed by atoms with E-state index in [4.69, 9.17) is 9.26 Å². The van der Waals surface area contributed by atoms with Gasteiger partial charge in [0.25, 0.3) is 0 Å². The van der Waals surface area contributed by atoms with Gasteiger partial charge in [0.2, 0.25) is 5.89 Å². The summed E-state index contributed by atoms with van der Waals surface area (Å²) in [7, 11) is 1.80. The molecule has 1 aromatic heterocycles. The third kappa shape index (κ3) is 3.65. The number of hydrogen-bond donors (Lipinski definition) is 1. The molecule has 2 saturated heterocycles. The molecule has 0 amide bonds. The van der Waals surface area contributed by atoms with E-state index in [2.05, 4.69) is 25.3 Å². The fourth-order valence-corrected chi connectivity index (χ4v) is 2.99. The van der Waals surface area contributed by atoms with Crippen LogP contribution in [0.15, 0.2) is 9.52 Å². The molecular formula is C13H22IN5O2. The van der Waals surface area contributed by atoms with Crippen LogP contribution in [0.2, 0.25) is 0 Å². The lowest BCUT2D eigenvalue weighted by Crippen LogP contribution is -2.41. The topological polar surface area (TPSA) is 75.8 Å². The van der Waals surface area contributed by atoms with Crippen molar-refractivity contribution in [3.8, 4) is 0 Å². The average molecular weight is 407 g/mol. The van der Waals surface area contributed by atoms with Crippen LogP contribution in [0.4, 0.5) is 0 Å². The predicted molar refractivity (Wildman–Crippen MR) is 88.7 cm³/mol. The number of guanidine groups is 1. The number of aromatic nitrogens is 2. The molecule has 1 aromatic rings. The molecule has 0 aromatic carbocycles. The molecule has 2 aliphatic rings. The average Bonchev–Trinajstić information content (AvgIpc) is 3.15. The summed E-state index contributed by atoms with van der Waals surface area (Å²) in [6.07, 6.45) is 2.33. The second kappa shape index (κ2) is 6.91. The second-order valence-electron chi connectivity index (χ2n) is 5.61. The molecule has 3 rings (SSSR count). The summed E-state index contributed by atoms with van der Waals surface area (Å²) in [5.41, 5.74) is 0.332. The Morgan fingerprint density at radius 3 is 2.95 bits per heavy atom. The summed E-state index contributed by atoms with van der Waals surface area (Å²) in [6.45, 7) is 6.12. The lowest BCUT2D eigenvalue weighted by molar-refractivity contribution is 0.156. The van der Waals surface area contributed by atoms with E-state index in [1.807, 2.05) is 6.92 Å². The van der Waals surface area contributed by atoms with Gasteiger partial charge in [-0.1, -0.05) is 5.16 Å². The van der Waals surface area contributed by atoms with Gasteiger partial charge in [-0.25, -0.2) is 0 Å². The minimum absolute atomic E-state index is 0. The molecule has 21 heavy (non-hydrogen) atoms. The number of nitrogens with zero attached hydrogens (tertiary/aromatic N) is 4. The van der Waals surface area contributed by atoms with Crippen LogP contribution in [0.3, 0.4) is 0 Å². The zero-order chi connectivity index (χ0) is 14.0. The maximum atomic E-state index is 5.56. The second-order valence-corrected chi connectivity index (χ2v) is 5.61. The highest BCUT2D eigenvalue weighted by atomic mass is 127. The molecule has 1 unspecified atom stereocenters. The van der Waals surface area contributed by atoms with Crippen LogP contribution in [0.5, 0.6) is 0 Å². The van der Waals surface area contributed by atoms with Crippen molar-refractivity contribution in [2.45, 2.75) is 26.3 Å². The third-order valence-corrected chi connectivity index (χ3v) is 4.10. The molecule has 2 aliphatic heterocycles. The number of aryl methyl sites for hydroxylation is 1. The number of ether oxygens (including phenoxy) is 1. The molecule has 0 radical (unpaired) electrons. The van der Waals surface area contributed by atoms with E-state index >= 15 is 0 Å². The van der Waals surface area contributed by atoms with Crippen molar-refractivity contribution in [1.29, 1.82) is 0 Å². The van der Waals surface area contributed by atoms with Crippen molar-refractivity contribution in [2.75, 3.05) is 33.4 Å². The van der Waals surface area contributed by atoms with Gasteiger partial charge >= 0.3 is 0 Å². The minimum Gasteiger partial charge on any atom is -0.381 e. The summed E-state index contributed by atoms with van der Waals surface area (Å²) in [5.74, 6) is 2.13. The summed E-state index contributed by atoms with van der Waals surface area (Å²) >= 11 is 0.